The van der Waals surface area contributed by atoms with E-state index in [1.54, 1.807) is 5.57 Å². The zero-order valence-electron chi connectivity index (χ0n) is 31.1. The lowest BCUT2D eigenvalue weighted by atomic mass is 9.47. The molecule has 0 aliphatic heterocycles. The summed E-state index contributed by atoms with van der Waals surface area (Å²) in [5, 5.41) is 3.53. The molecular formula is C47H61O2P. The lowest BCUT2D eigenvalue weighted by Crippen LogP contribution is -2.50. The molecule has 266 valence electrons. The molecule has 0 radical (unpaired) electrons. The van der Waals surface area contributed by atoms with Gasteiger partial charge in [0, 0.05) is 12.2 Å². The Morgan fingerprint density at radius 2 is 1.34 bits per heavy atom. The number of ether oxygens (including phenoxy) is 1. The molecule has 0 bridgehead atoms. The van der Waals surface area contributed by atoms with E-state index < -0.39 is 6.89 Å². The predicted octanol–water partition coefficient (Wildman–Crippen LogP) is 11.0. The highest BCUT2D eigenvalue weighted by atomic mass is 31.2. The van der Waals surface area contributed by atoms with Crippen LogP contribution >= 0.6 is 6.89 Å². The molecule has 3 aromatic rings. The molecule has 0 spiro atoms. The first-order chi connectivity index (χ1) is 24.4. The SMILES string of the molecule is CCCCCCCC[C@@H]1CC[C@@H]2[C@H]3CC=C4C[C@@H](OC(=O)C=P(c5ccccc5)(c5ccccc5)c5ccccc5)CC[C@]4(C)[C@@H]3CC[C@]12C. The van der Waals surface area contributed by atoms with E-state index in [1.165, 1.54) is 93.0 Å². The molecule has 3 saturated carbocycles. The van der Waals surface area contributed by atoms with E-state index in [0.29, 0.717) is 5.41 Å². The van der Waals surface area contributed by atoms with Crippen LogP contribution in [0.2, 0.25) is 0 Å². The Balaban J connectivity index is 1.08. The van der Waals surface area contributed by atoms with Gasteiger partial charge in [-0.3, -0.25) is 0 Å². The van der Waals surface area contributed by atoms with E-state index in [9.17, 15) is 4.79 Å². The maximum Gasteiger partial charge on any atom is 0.332 e. The van der Waals surface area contributed by atoms with Gasteiger partial charge >= 0.3 is 5.97 Å². The number of rotatable bonds is 12. The Labute approximate surface area is 303 Å². The standard InChI is InChI=1S/C47H61O2P/c1-4-5-6-7-8-12-19-36-27-29-43-42-28-26-37-34-38(30-32-47(37,3)44(42)31-33-46(36,43)2)49-45(48)35-50(39-20-13-9-14-21-39,40-22-15-10-16-23-40)41-24-17-11-18-25-41/h9-11,13-18,20-26,35-36,38,42-44H,4-8,12,19,27-34H2,1-3H3/t36-,38+,42-,43-,44-,46-,47+/m1/s1. The van der Waals surface area contributed by atoms with Gasteiger partial charge in [-0.1, -0.05) is 162 Å². The van der Waals surface area contributed by atoms with Crippen LogP contribution in [0.1, 0.15) is 117 Å². The van der Waals surface area contributed by atoms with Gasteiger partial charge < -0.3 is 4.74 Å². The lowest BCUT2D eigenvalue weighted by Gasteiger charge is -2.58. The summed E-state index contributed by atoms with van der Waals surface area (Å²) in [5.74, 6) is 5.23. The molecule has 4 aliphatic carbocycles. The first-order valence-corrected chi connectivity index (χ1v) is 22.1. The molecule has 0 saturated heterocycles. The minimum absolute atomic E-state index is 0.0547. The molecular weight excluding hydrogens is 627 g/mol. The van der Waals surface area contributed by atoms with Crippen molar-refractivity contribution in [1.29, 1.82) is 0 Å². The van der Waals surface area contributed by atoms with Crippen molar-refractivity contribution >= 4 is 34.6 Å². The van der Waals surface area contributed by atoms with Crippen molar-refractivity contribution in [1.82, 2.24) is 0 Å². The number of fused-ring (bicyclic) bond motifs is 5. The summed E-state index contributed by atoms with van der Waals surface area (Å²) in [5.41, 5.74) is 2.38. The fourth-order valence-electron chi connectivity index (χ4n) is 11.5. The molecule has 2 nitrogen and oxygen atoms in total. The van der Waals surface area contributed by atoms with Gasteiger partial charge in [-0.05, 0) is 109 Å². The third-order valence-corrected chi connectivity index (χ3v) is 18.2. The lowest BCUT2D eigenvalue weighted by molar-refractivity contribution is -0.142. The smallest absolute Gasteiger partial charge is 0.332 e. The van der Waals surface area contributed by atoms with Gasteiger partial charge in [0.15, 0.2) is 0 Å². The van der Waals surface area contributed by atoms with Gasteiger partial charge in [-0.15, -0.1) is 0 Å². The van der Waals surface area contributed by atoms with Crippen molar-refractivity contribution in [2.75, 3.05) is 0 Å². The zero-order chi connectivity index (χ0) is 34.6. The molecule has 0 amide bonds. The van der Waals surface area contributed by atoms with Crippen LogP contribution in [-0.2, 0) is 9.53 Å². The topological polar surface area (TPSA) is 26.3 Å². The van der Waals surface area contributed by atoms with Crippen LogP contribution < -0.4 is 15.9 Å². The highest BCUT2D eigenvalue weighted by Gasteiger charge is 2.58. The summed E-state index contributed by atoms with van der Waals surface area (Å²) < 4.78 is 6.50. The van der Waals surface area contributed by atoms with Gasteiger partial charge in [-0.25, -0.2) is 4.79 Å². The first kappa shape index (κ1) is 35.6. The Hall–Kier alpha value is -2.83. The molecule has 3 aromatic carbocycles. The van der Waals surface area contributed by atoms with E-state index in [2.05, 4.69) is 118 Å². The normalized spacial score (nSPS) is 30.4. The highest BCUT2D eigenvalue weighted by Crippen LogP contribution is 2.67. The molecule has 0 unspecified atom stereocenters. The number of carbonyl (C=O) groups is 1. The molecule has 7 rings (SSSR count). The second-order valence-electron chi connectivity index (χ2n) is 16.8. The van der Waals surface area contributed by atoms with Crippen molar-refractivity contribution < 1.29 is 9.53 Å². The second-order valence-corrected chi connectivity index (χ2v) is 20.0. The minimum atomic E-state index is -2.39. The van der Waals surface area contributed by atoms with Crippen LogP contribution in [0, 0.1) is 34.5 Å². The van der Waals surface area contributed by atoms with Crippen LogP contribution in [0.3, 0.4) is 0 Å². The van der Waals surface area contributed by atoms with Crippen LogP contribution in [0.15, 0.2) is 103 Å². The Morgan fingerprint density at radius 1 is 0.740 bits per heavy atom. The maximum atomic E-state index is 14.2. The fourth-order valence-corrected chi connectivity index (χ4v) is 15.1. The van der Waals surface area contributed by atoms with Crippen molar-refractivity contribution in [3.05, 3.63) is 103 Å². The van der Waals surface area contributed by atoms with Crippen molar-refractivity contribution in [2.45, 2.75) is 123 Å². The maximum absolute atomic E-state index is 14.2. The Morgan fingerprint density at radius 3 is 1.96 bits per heavy atom. The largest absolute Gasteiger partial charge is 0.459 e. The van der Waals surface area contributed by atoms with Crippen molar-refractivity contribution in [3.8, 4) is 0 Å². The predicted molar refractivity (Wildman–Crippen MR) is 214 cm³/mol. The third kappa shape index (κ3) is 6.76. The van der Waals surface area contributed by atoms with E-state index in [0.717, 1.165) is 42.9 Å². The number of benzene rings is 3. The van der Waals surface area contributed by atoms with E-state index >= 15 is 0 Å². The van der Waals surface area contributed by atoms with Crippen LogP contribution in [-0.4, -0.2) is 17.9 Å². The summed E-state index contributed by atoms with van der Waals surface area (Å²) in [6.07, 6.45) is 22.4. The monoisotopic (exact) mass is 688 g/mol. The molecule has 0 N–H and O–H groups in total. The Bertz CT molecular complexity index is 1560. The summed E-state index contributed by atoms with van der Waals surface area (Å²) in [6.45, 7) is 5.21. The third-order valence-electron chi connectivity index (χ3n) is 14.2. The van der Waals surface area contributed by atoms with E-state index in [1.807, 2.05) is 5.80 Å². The summed E-state index contributed by atoms with van der Waals surface area (Å²) in [7, 11) is 0. The van der Waals surface area contributed by atoms with Crippen molar-refractivity contribution in [2.24, 2.45) is 34.5 Å². The van der Waals surface area contributed by atoms with E-state index in [4.69, 9.17) is 4.74 Å². The first-order valence-electron chi connectivity index (χ1n) is 20.2. The Kier molecular flexibility index (Phi) is 11.0. The average molecular weight is 689 g/mol. The molecule has 3 fully saturated rings. The van der Waals surface area contributed by atoms with Crippen LogP contribution in [0.5, 0.6) is 0 Å². The van der Waals surface area contributed by atoms with Gasteiger partial charge in [0.1, 0.15) is 6.10 Å². The second kappa shape index (κ2) is 15.4. The summed E-state index contributed by atoms with van der Waals surface area (Å²) in [4.78, 5) is 14.2. The number of esters is 1. The van der Waals surface area contributed by atoms with Gasteiger partial charge in [-0.2, -0.15) is 0 Å². The number of hydrogen-bond donors (Lipinski definition) is 0. The summed E-state index contributed by atoms with van der Waals surface area (Å²) >= 11 is 0. The van der Waals surface area contributed by atoms with Crippen LogP contribution in [0.4, 0.5) is 0 Å². The van der Waals surface area contributed by atoms with Gasteiger partial charge in [0.25, 0.3) is 0 Å². The quantitative estimate of drug-likeness (QED) is 0.0819. The number of carbonyl (C=O) groups excluding carboxylic acids is 1. The molecule has 0 heterocycles. The van der Waals surface area contributed by atoms with Gasteiger partial charge in [0.05, 0.1) is 0 Å². The van der Waals surface area contributed by atoms with E-state index in [-0.39, 0.29) is 17.5 Å². The van der Waals surface area contributed by atoms with Gasteiger partial charge in [0.2, 0.25) is 0 Å². The molecule has 7 atom stereocenters. The average Bonchev–Trinajstić information content (AvgIpc) is 3.49. The molecule has 4 aliphatic rings. The molecule has 0 aromatic heterocycles. The summed E-state index contributed by atoms with van der Waals surface area (Å²) in [6, 6.07) is 31.8. The number of hydrogen-bond acceptors (Lipinski definition) is 2. The minimum Gasteiger partial charge on any atom is -0.459 e. The fraction of sp³-hybridized carbons (Fsp3) is 0.532. The zero-order valence-corrected chi connectivity index (χ0v) is 32.0. The van der Waals surface area contributed by atoms with Crippen LogP contribution in [0.25, 0.3) is 0 Å². The van der Waals surface area contributed by atoms with Crippen molar-refractivity contribution in [3.63, 3.8) is 0 Å². The highest BCUT2D eigenvalue weighted by molar-refractivity contribution is 7.95. The molecule has 50 heavy (non-hydrogen) atoms. The molecule has 3 heteroatoms. The number of unbranched alkanes of at least 4 members (excludes halogenated alkanes) is 5. The number of allylic oxidation sites excluding steroid dienone is 1.